The molecule has 0 aliphatic rings. The van der Waals surface area contributed by atoms with Crippen molar-refractivity contribution in [3.8, 4) is 0 Å². The third kappa shape index (κ3) is 1.75. The monoisotopic (exact) mass is 320 g/mol. The van der Waals surface area contributed by atoms with Crippen LogP contribution in [0.2, 0.25) is 10.0 Å². The van der Waals surface area contributed by atoms with Gasteiger partial charge in [0.05, 0.1) is 15.5 Å². The Morgan fingerprint density at radius 1 is 1.31 bits per heavy atom. The highest BCUT2D eigenvalue weighted by molar-refractivity contribution is 9.10. The van der Waals surface area contributed by atoms with Gasteiger partial charge in [0.25, 0.3) is 0 Å². The summed E-state index contributed by atoms with van der Waals surface area (Å²) in [6.07, 6.45) is 1.10. The first kappa shape index (κ1) is 11.6. The average molecular weight is 322 g/mol. The van der Waals surface area contributed by atoms with Gasteiger partial charge in [0.2, 0.25) is 0 Å². The molecule has 2 aromatic rings. The zero-order valence-corrected chi connectivity index (χ0v) is 10.7. The maximum absolute atomic E-state index is 10.7. The van der Waals surface area contributed by atoms with E-state index in [1.165, 1.54) is 0 Å². The number of nitro groups is 1. The molecule has 0 N–H and O–H groups in total. The number of rotatable bonds is 1. The molecule has 0 amide bonds. The van der Waals surface area contributed by atoms with E-state index in [1.54, 1.807) is 12.1 Å². The summed E-state index contributed by atoms with van der Waals surface area (Å²) < 4.78 is 0.666. The Morgan fingerprint density at radius 3 is 2.62 bits per heavy atom. The second kappa shape index (κ2) is 4.16. The lowest BCUT2D eigenvalue weighted by Crippen LogP contribution is -1.92. The lowest BCUT2D eigenvalue weighted by molar-refractivity contribution is -0.384. The van der Waals surface area contributed by atoms with Crippen molar-refractivity contribution in [2.75, 3.05) is 0 Å². The lowest BCUT2D eigenvalue weighted by atomic mass is 10.2. The molecular weight excluding hydrogens is 319 g/mol. The summed E-state index contributed by atoms with van der Waals surface area (Å²) >= 11 is 15.1. The van der Waals surface area contributed by atoms with Crippen LogP contribution in [0, 0.1) is 10.1 Å². The van der Waals surface area contributed by atoms with E-state index in [2.05, 4.69) is 20.9 Å². The SMILES string of the molecule is O=[N+]([O-])c1cnc2c(Cl)c(Br)ccc2c1Cl. The molecule has 4 nitrogen and oxygen atoms in total. The van der Waals surface area contributed by atoms with Crippen LogP contribution in [0.1, 0.15) is 0 Å². The molecule has 0 atom stereocenters. The van der Waals surface area contributed by atoms with E-state index in [1.807, 2.05) is 0 Å². The minimum Gasteiger partial charge on any atom is -0.258 e. The van der Waals surface area contributed by atoms with Crippen molar-refractivity contribution < 1.29 is 4.92 Å². The predicted octanol–water partition coefficient (Wildman–Crippen LogP) is 4.21. The summed E-state index contributed by atoms with van der Waals surface area (Å²) in [5.41, 5.74) is 0.208. The number of hydrogen-bond donors (Lipinski definition) is 0. The number of halogens is 3. The Hall–Kier alpha value is -0.910. The van der Waals surface area contributed by atoms with E-state index in [9.17, 15) is 10.1 Å². The molecule has 7 heteroatoms. The molecule has 1 aromatic carbocycles. The van der Waals surface area contributed by atoms with Gasteiger partial charge in [0.1, 0.15) is 11.2 Å². The van der Waals surface area contributed by atoms with Crippen LogP contribution in [0.15, 0.2) is 22.8 Å². The highest BCUT2D eigenvalue weighted by Crippen LogP contribution is 2.36. The molecule has 0 aliphatic carbocycles. The molecule has 16 heavy (non-hydrogen) atoms. The fraction of sp³-hybridized carbons (Fsp3) is 0. The second-order valence-corrected chi connectivity index (χ2v) is 4.58. The van der Waals surface area contributed by atoms with Gasteiger partial charge in [-0.05, 0) is 28.1 Å². The molecule has 1 heterocycles. The third-order valence-corrected chi connectivity index (χ3v) is 3.71. The summed E-state index contributed by atoms with van der Waals surface area (Å²) in [5.74, 6) is 0. The zero-order valence-electron chi connectivity index (χ0n) is 7.58. The first-order chi connectivity index (χ1) is 7.52. The van der Waals surface area contributed by atoms with Crippen molar-refractivity contribution in [2.45, 2.75) is 0 Å². The molecule has 0 unspecified atom stereocenters. The third-order valence-electron chi connectivity index (χ3n) is 2.04. The van der Waals surface area contributed by atoms with Crippen molar-refractivity contribution >= 4 is 55.7 Å². The number of nitrogens with zero attached hydrogens (tertiary/aromatic N) is 2. The van der Waals surface area contributed by atoms with Crippen molar-refractivity contribution in [1.82, 2.24) is 4.98 Å². The number of hydrogen-bond acceptors (Lipinski definition) is 3. The Labute approximate surface area is 108 Å². The van der Waals surface area contributed by atoms with E-state index in [0.29, 0.717) is 20.4 Å². The first-order valence-corrected chi connectivity index (χ1v) is 5.64. The van der Waals surface area contributed by atoms with Crippen LogP contribution in [0.4, 0.5) is 5.69 Å². The van der Waals surface area contributed by atoms with Crippen molar-refractivity contribution in [3.05, 3.63) is 43.0 Å². The maximum Gasteiger partial charge on any atom is 0.306 e. The number of pyridine rings is 1. The van der Waals surface area contributed by atoms with Crippen LogP contribution in [-0.2, 0) is 0 Å². The summed E-state index contributed by atoms with van der Waals surface area (Å²) in [6, 6.07) is 3.30. The van der Waals surface area contributed by atoms with Crippen LogP contribution in [-0.4, -0.2) is 9.91 Å². The number of aromatic nitrogens is 1. The Balaban J connectivity index is 2.87. The van der Waals surface area contributed by atoms with Gasteiger partial charge in [-0.15, -0.1) is 0 Å². The lowest BCUT2D eigenvalue weighted by Gasteiger charge is -2.03. The van der Waals surface area contributed by atoms with Crippen molar-refractivity contribution in [1.29, 1.82) is 0 Å². The van der Waals surface area contributed by atoms with Crippen LogP contribution < -0.4 is 0 Å². The van der Waals surface area contributed by atoms with Gasteiger partial charge in [0, 0.05) is 9.86 Å². The molecule has 0 spiro atoms. The van der Waals surface area contributed by atoms with Crippen molar-refractivity contribution in [3.63, 3.8) is 0 Å². The van der Waals surface area contributed by atoms with E-state index < -0.39 is 4.92 Å². The molecule has 0 saturated heterocycles. The van der Waals surface area contributed by atoms with Gasteiger partial charge >= 0.3 is 5.69 Å². The summed E-state index contributed by atoms with van der Waals surface area (Å²) in [4.78, 5) is 14.0. The number of benzene rings is 1. The summed E-state index contributed by atoms with van der Waals surface area (Å²) in [6.45, 7) is 0. The Morgan fingerprint density at radius 2 is 2.00 bits per heavy atom. The highest BCUT2D eigenvalue weighted by Gasteiger charge is 2.18. The highest BCUT2D eigenvalue weighted by atomic mass is 79.9. The molecule has 0 radical (unpaired) electrons. The predicted molar refractivity (Wildman–Crippen MR) is 66.1 cm³/mol. The zero-order chi connectivity index (χ0) is 11.9. The molecule has 1 aromatic heterocycles. The van der Waals surface area contributed by atoms with E-state index >= 15 is 0 Å². The standard InChI is InChI=1S/C9H3BrCl2N2O2/c10-5-2-1-4-7(11)6(14(15)16)3-13-9(4)8(5)12/h1-3H. The van der Waals surface area contributed by atoms with Crippen LogP contribution in [0.5, 0.6) is 0 Å². The topological polar surface area (TPSA) is 56.0 Å². The van der Waals surface area contributed by atoms with E-state index in [4.69, 9.17) is 23.2 Å². The molecule has 0 saturated carbocycles. The van der Waals surface area contributed by atoms with Crippen LogP contribution in [0.25, 0.3) is 10.9 Å². The van der Waals surface area contributed by atoms with Gasteiger partial charge in [-0.25, -0.2) is 4.98 Å². The van der Waals surface area contributed by atoms with E-state index in [0.717, 1.165) is 6.20 Å². The van der Waals surface area contributed by atoms with Gasteiger partial charge in [-0.3, -0.25) is 10.1 Å². The molecule has 0 aliphatic heterocycles. The largest absolute Gasteiger partial charge is 0.306 e. The normalized spacial score (nSPS) is 10.7. The van der Waals surface area contributed by atoms with Gasteiger partial charge in [0.15, 0.2) is 0 Å². The van der Waals surface area contributed by atoms with Gasteiger partial charge < -0.3 is 0 Å². The molecule has 0 bridgehead atoms. The van der Waals surface area contributed by atoms with Crippen LogP contribution >= 0.6 is 39.1 Å². The van der Waals surface area contributed by atoms with Crippen molar-refractivity contribution in [2.24, 2.45) is 0 Å². The fourth-order valence-electron chi connectivity index (χ4n) is 1.29. The van der Waals surface area contributed by atoms with E-state index in [-0.39, 0.29) is 10.7 Å². The smallest absolute Gasteiger partial charge is 0.258 e. The second-order valence-electron chi connectivity index (χ2n) is 2.97. The van der Waals surface area contributed by atoms with Gasteiger partial charge in [-0.2, -0.15) is 0 Å². The molecule has 2 rings (SSSR count). The molecule has 0 fully saturated rings. The minimum atomic E-state index is -0.579. The Bertz CT molecular complexity index is 604. The first-order valence-electron chi connectivity index (χ1n) is 4.09. The Kier molecular flexibility index (Phi) is 3.01. The minimum absolute atomic E-state index is 0.0457. The average Bonchev–Trinajstić information content (AvgIpc) is 2.23. The van der Waals surface area contributed by atoms with Gasteiger partial charge in [-0.1, -0.05) is 23.2 Å². The van der Waals surface area contributed by atoms with Crippen LogP contribution in [0.3, 0.4) is 0 Å². The quantitative estimate of drug-likeness (QED) is 0.584. The fourth-order valence-corrected chi connectivity index (χ4v) is 2.09. The number of fused-ring (bicyclic) bond motifs is 1. The molecular formula is C9H3BrCl2N2O2. The summed E-state index contributed by atoms with van der Waals surface area (Å²) in [7, 11) is 0. The maximum atomic E-state index is 10.7. The molecule has 82 valence electrons. The summed E-state index contributed by atoms with van der Waals surface area (Å²) in [5, 5.41) is 11.5.